The van der Waals surface area contributed by atoms with Gasteiger partial charge in [-0.2, -0.15) is 5.26 Å². The molecule has 0 bridgehead atoms. The van der Waals surface area contributed by atoms with Crippen LogP contribution in [0.2, 0.25) is 5.02 Å². The maximum Gasteiger partial charge on any atom is 0.266 e. The van der Waals surface area contributed by atoms with Crippen molar-refractivity contribution in [2.75, 3.05) is 11.9 Å². The smallest absolute Gasteiger partial charge is 0.266 e. The van der Waals surface area contributed by atoms with Crippen molar-refractivity contribution in [3.8, 4) is 11.8 Å². The lowest BCUT2D eigenvalue weighted by atomic mass is 10.1. The van der Waals surface area contributed by atoms with Crippen LogP contribution in [0.3, 0.4) is 0 Å². The van der Waals surface area contributed by atoms with E-state index in [9.17, 15) is 10.1 Å². The predicted molar refractivity (Wildman–Crippen MR) is 105 cm³/mol. The lowest BCUT2D eigenvalue weighted by molar-refractivity contribution is -0.112. The Morgan fingerprint density at radius 2 is 2.04 bits per heavy atom. The van der Waals surface area contributed by atoms with Crippen LogP contribution in [0.5, 0.6) is 5.75 Å². The second kappa shape index (κ2) is 8.89. The summed E-state index contributed by atoms with van der Waals surface area (Å²) in [4.78, 5) is 12.4. The van der Waals surface area contributed by atoms with E-state index >= 15 is 0 Å². The summed E-state index contributed by atoms with van der Waals surface area (Å²) in [6.45, 7) is 7.88. The van der Waals surface area contributed by atoms with Gasteiger partial charge in [-0.1, -0.05) is 36.4 Å². The molecule has 0 aromatic heterocycles. The van der Waals surface area contributed by atoms with E-state index in [4.69, 9.17) is 16.3 Å². The van der Waals surface area contributed by atoms with Crippen LogP contribution in [0.1, 0.15) is 16.7 Å². The standard InChI is InChI=1S/C21H19ClN2O2/c1-4-9-26-20-8-6-16(12-19(20)22)11-17(13-23)21(25)24-18-7-5-14(2)15(3)10-18/h4-8,10-12H,1,9H2,2-3H3,(H,24,25)/b17-11+. The molecule has 4 nitrogen and oxygen atoms in total. The van der Waals surface area contributed by atoms with Crippen LogP contribution in [0.4, 0.5) is 5.69 Å². The zero-order valence-corrected chi connectivity index (χ0v) is 15.4. The molecule has 0 unspecified atom stereocenters. The average molecular weight is 367 g/mol. The molecule has 0 radical (unpaired) electrons. The summed E-state index contributed by atoms with van der Waals surface area (Å²) < 4.78 is 5.40. The number of nitriles is 1. The van der Waals surface area contributed by atoms with E-state index in [1.54, 1.807) is 30.3 Å². The van der Waals surface area contributed by atoms with E-state index in [2.05, 4.69) is 11.9 Å². The molecule has 5 heteroatoms. The van der Waals surface area contributed by atoms with Crippen LogP contribution >= 0.6 is 11.6 Å². The van der Waals surface area contributed by atoms with Gasteiger partial charge in [-0.05, 0) is 60.9 Å². The number of ether oxygens (including phenoxy) is 1. The molecule has 0 saturated carbocycles. The molecule has 0 aliphatic heterocycles. The van der Waals surface area contributed by atoms with Crippen molar-refractivity contribution in [2.24, 2.45) is 0 Å². The van der Waals surface area contributed by atoms with Gasteiger partial charge in [0.05, 0.1) is 5.02 Å². The van der Waals surface area contributed by atoms with Crippen molar-refractivity contribution < 1.29 is 9.53 Å². The van der Waals surface area contributed by atoms with Gasteiger partial charge >= 0.3 is 0 Å². The van der Waals surface area contributed by atoms with Crippen LogP contribution in [-0.4, -0.2) is 12.5 Å². The minimum Gasteiger partial charge on any atom is -0.488 e. The third-order valence-corrected chi connectivity index (χ3v) is 4.05. The van der Waals surface area contributed by atoms with Crippen LogP contribution in [0, 0.1) is 25.2 Å². The summed E-state index contributed by atoms with van der Waals surface area (Å²) in [5, 5.41) is 12.5. The van der Waals surface area contributed by atoms with Crippen LogP contribution in [-0.2, 0) is 4.79 Å². The van der Waals surface area contributed by atoms with Gasteiger partial charge in [-0.3, -0.25) is 4.79 Å². The molecular weight excluding hydrogens is 348 g/mol. The van der Waals surface area contributed by atoms with Gasteiger partial charge in [0.25, 0.3) is 5.91 Å². The van der Waals surface area contributed by atoms with Crippen LogP contribution in [0.25, 0.3) is 6.08 Å². The number of amides is 1. The Morgan fingerprint density at radius 3 is 2.65 bits per heavy atom. The van der Waals surface area contributed by atoms with E-state index in [1.807, 2.05) is 32.0 Å². The van der Waals surface area contributed by atoms with Crippen LogP contribution < -0.4 is 10.1 Å². The molecule has 0 saturated heterocycles. The number of nitrogens with zero attached hydrogens (tertiary/aromatic N) is 1. The quantitative estimate of drug-likeness (QED) is 0.441. The van der Waals surface area contributed by atoms with Crippen molar-refractivity contribution in [2.45, 2.75) is 13.8 Å². The maximum absolute atomic E-state index is 12.4. The summed E-state index contributed by atoms with van der Waals surface area (Å²) in [7, 11) is 0. The van der Waals surface area contributed by atoms with Gasteiger partial charge in [0.15, 0.2) is 0 Å². The number of aryl methyl sites for hydroxylation is 2. The van der Waals surface area contributed by atoms with Gasteiger partial charge in [-0.15, -0.1) is 0 Å². The van der Waals surface area contributed by atoms with Gasteiger partial charge < -0.3 is 10.1 Å². The van der Waals surface area contributed by atoms with E-state index < -0.39 is 5.91 Å². The van der Waals surface area contributed by atoms with Crippen molar-refractivity contribution in [1.82, 2.24) is 0 Å². The molecule has 26 heavy (non-hydrogen) atoms. The lowest BCUT2D eigenvalue weighted by Crippen LogP contribution is -2.13. The molecule has 0 aliphatic rings. The number of hydrogen-bond donors (Lipinski definition) is 1. The molecule has 132 valence electrons. The molecule has 0 atom stereocenters. The number of halogens is 1. The fraction of sp³-hybridized carbons (Fsp3) is 0.143. The zero-order valence-electron chi connectivity index (χ0n) is 14.7. The SMILES string of the molecule is C=CCOc1ccc(/C=C(\C#N)C(=O)Nc2ccc(C)c(C)c2)cc1Cl. The second-order valence-corrected chi connectivity index (χ2v) is 6.12. The Hall–Kier alpha value is -3.03. The molecule has 0 spiro atoms. The number of carbonyl (C=O) groups excluding carboxylic acids is 1. The fourth-order valence-corrected chi connectivity index (χ4v) is 2.45. The number of anilines is 1. The van der Waals surface area contributed by atoms with Gasteiger partial charge in [-0.25, -0.2) is 0 Å². The minimum atomic E-state index is -0.473. The molecule has 1 N–H and O–H groups in total. The molecule has 2 aromatic rings. The maximum atomic E-state index is 12.4. The first-order valence-corrected chi connectivity index (χ1v) is 8.36. The van der Waals surface area contributed by atoms with Crippen LogP contribution in [0.15, 0.2) is 54.6 Å². The number of nitrogens with one attached hydrogen (secondary N) is 1. The van der Waals surface area contributed by atoms with Crippen molar-refractivity contribution in [1.29, 1.82) is 5.26 Å². The first-order chi connectivity index (χ1) is 12.4. The Morgan fingerprint density at radius 1 is 1.27 bits per heavy atom. The first kappa shape index (κ1) is 19.3. The van der Waals surface area contributed by atoms with Gasteiger partial charge in [0.1, 0.15) is 24.0 Å². The second-order valence-electron chi connectivity index (χ2n) is 5.71. The van der Waals surface area contributed by atoms with Crippen molar-refractivity contribution in [3.63, 3.8) is 0 Å². The molecular formula is C21H19ClN2O2. The molecule has 0 heterocycles. The highest BCUT2D eigenvalue weighted by atomic mass is 35.5. The number of hydrogen-bond acceptors (Lipinski definition) is 3. The Labute approximate surface area is 158 Å². The van der Waals surface area contributed by atoms with E-state index in [-0.39, 0.29) is 5.57 Å². The summed E-state index contributed by atoms with van der Waals surface area (Å²) in [6, 6.07) is 12.6. The van der Waals surface area contributed by atoms with Gasteiger partial charge in [0, 0.05) is 5.69 Å². The van der Waals surface area contributed by atoms with E-state index in [1.165, 1.54) is 6.08 Å². The van der Waals surface area contributed by atoms with Crippen molar-refractivity contribution in [3.05, 3.63) is 76.3 Å². The number of rotatable bonds is 6. The highest BCUT2D eigenvalue weighted by molar-refractivity contribution is 6.32. The highest BCUT2D eigenvalue weighted by Crippen LogP contribution is 2.26. The summed E-state index contributed by atoms with van der Waals surface area (Å²) in [5.74, 6) is 0.0423. The molecule has 2 rings (SSSR count). The van der Waals surface area contributed by atoms with E-state index in [0.29, 0.717) is 28.6 Å². The number of benzene rings is 2. The lowest BCUT2D eigenvalue weighted by Gasteiger charge is -2.08. The summed E-state index contributed by atoms with van der Waals surface area (Å²) in [5.41, 5.74) is 3.46. The monoisotopic (exact) mass is 366 g/mol. The fourth-order valence-electron chi connectivity index (χ4n) is 2.21. The molecule has 1 amide bonds. The third kappa shape index (κ3) is 4.98. The summed E-state index contributed by atoms with van der Waals surface area (Å²) >= 11 is 6.16. The normalized spacial score (nSPS) is 10.8. The van der Waals surface area contributed by atoms with E-state index in [0.717, 1.165) is 11.1 Å². The first-order valence-electron chi connectivity index (χ1n) is 7.98. The minimum absolute atomic E-state index is 0.0148. The average Bonchev–Trinajstić information content (AvgIpc) is 2.62. The number of carbonyl (C=O) groups is 1. The topological polar surface area (TPSA) is 62.1 Å². The summed E-state index contributed by atoms with van der Waals surface area (Å²) in [6.07, 6.45) is 3.11. The largest absolute Gasteiger partial charge is 0.488 e. The van der Waals surface area contributed by atoms with Crippen molar-refractivity contribution >= 4 is 29.3 Å². The zero-order chi connectivity index (χ0) is 19.1. The Balaban J connectivity index is 2.19. The molecule has 0 fully saturated rings. The Kier molecular flexibility index (Phi) is 6.60. The third-order valence-electron chi connectivity index (χ3n) is 3.75. The highest BCUT2D eigenvalue weighted by Gasteiger charge is 2.11. The van der Waals surface area contributed by atoms with Gasteiger partial charge in [0.2, 0.25) is 0 Å². The molecule has 0 aliphatic carbocycles. The predicted octanol–water partition coefficient (Wildman–Crippen LogP) is 5.07. The molecule has 2 aromatic carbocycles. The Bertz CT molecular complexity index is 911.